The number of nitrogens with zero attached hydrogens (tertiary/aromatic N) is 4. The predicted octanol–water partition coefficient (Wildman–Crippen LogP) is 3.14. The summed E-state index contributed by atoms with van der Waals surface area (Å²) in [4.78, 5) is 41.0. The van der Waals surface area contributed by atoms with Gasteiger partial charge in [-0.3, -0.25) is 4.79 Å². The molecule has 33 heavy (non-hydrogen) atoms. The fraction of sp³-hybridized carbons (Fsp3) is 0.391. The maximum atomic E-state index is 13.3. The average Bonchev–Trinajstić information content (AvgIpc) is 3.37. The van der Waals surface area contributed by atoms with E-state index >= 15 is 0 Å². The van der Waals surface area contributed by atoms with Gasteiger partial charge in [0.05, 0.1) is 16.9 Å². The third kappa shape index (κ3) is 3.86. The molecule has 3 aromatic rings. The average molecular weight is 470 g/mol. The van der Waals surface area contributed by atoms with Crippen molar-refractivity contribution in [1.82, 2.24) is 14.7 Å². The van der Waals surface area contributed by atoms with Gasteiger partial charge in [0.1, 0.15) is 12.3 Å². The maximum Gasteiger partial charge on any atom is 0.354 e. The molecule has 9 nitrogen and oxygen atoms in total. The number of pyridine rings is 1. The number of aromatic nitrogens is 3. The summed E-state index contributed by atoms with van der Waals surface area (Å²) in [6, 6.07) is 6.49. The van der Waals surface area contributed by atoms with E-state index in [0.717, 1.165) is 24.2 Å². The molecule has 2 aliphatic rings. The molecule has 1 aromatic carbocycles. The van der Waals surface area contributed by atoms with Crippen LogP contribution in [0.1, 0.15) is 41.0 Å². The first-order chi connectivity index (χ1) is 15.7. The third-order valence-corrected chi connectivity index (χ3v) is 6.59. The summed E-state index contributed by atoms with van der Waals surface area (Å²) < 4.78 is 1.27. The van der Waals surface area contributed by atoms with E-state index < -0.39 is 5.97 Å². The van der Waals surface area contributed by atoms with Crippen LogP contribution in [0.3, 0.4) is 0 Å². The number of hydrogen-bond acceptors (Lipinski definition) is 7. The number of aromatic carboxylic acids is 1. The first-order valence-electron chi connectivity index (χ1n) is 10.8. The van der Waals surface area contributed by atoms with Gasteiger partial charge in [-0.15, -0.1) is 4.73 Å². The van der Waals surface area contributed by atoms with E-state index in [0.29, 0.717) is 34.4 Å². The molecule has 3 heterocycles. The molecule has 1 saturated heterocycles. The fourth-order valence-electron chi connectivity index (χ4n) is 4.71. The Hall–Kier alpha value is -3.33. The van der Waals surface area contributed by atoms with Gasteiger partial charge in [-0.2, -0.15) is 0 Å². The Labute approximate surface area is 194 Å². The first kappa shape index (κ1) is 21.5. The number of carboxylic acids is 1. The molecule has 1 aliphatic heterocycles. The van der Waals surface area contributed by atoms with Gasteiger partial charge in [-0.25, -0.2) is 14.8 Å². The van der Waals surface area contributed by atoms with Crippen molar-refractivity contribution in [2.75, 3.05) is 30.4 Å². The number of carboxylic acid groups (broad SMARTS) is 1. The van der Waals surface area contributed by atoms with Crippen LogP contribution < -0.4 is 20.6 Å². The topological polar surface area (TPSA) is 110 Å². The van der Waals surface area contributed by atoms with Crippen molar-refractivity contribution in [3.05, 3.63) is 56.6 Å². The van der Waals surface area contributed by atoms with Gasteiger partial charge in [-0.1, -0.05) is 17.7 Å². The molecule has 0 spiro atoms. The summed E-state index contributed by atoms with van der Waals surface area (Å²) >= 11 is 6.02. The highest BCUT2D eigenvalue weighted by Crippen LogP contribution is 2.46. The number of rotatable bonds is 6. The Balaban J connectivity index is 1.59. The molecule has 5 rings (SSSR count). The minimum atomic E-state index is -1.16. The number of piperidine rings is 1. The molecule has 0 amide bonds. The molecule has 0 bridgehead atoms. The minimum Gasteiger partial charge on any atom is -0.477 e. The standard InChI is InChI=1S/C23H24ClN5O4/c1-11-4-16(12(2)25-15-7-18(22(31)32)26-19(24)8-15)20-17(5-11)21(30)29(33-3)23(27-20)28-9-13-6-14(13)10-28/h4-5,7-8,12-14H,6,9-10H2,1-3H3,(H,25,26)(H,31,32). The van der Waals surface area contributed by atoms with Crippen LogP contribution in [0.15, 0.2) is 29.1 Å². The van der Waals surface area contributed by atoms with Crippen molar-refractivity contribution in [1.29, 1.82) is 0 Å². The lowest BCUT2D eigenvalue weighted by atomic mass is 10.0. The van der Waals surface area contributed by atoms with E-state index in [1.165, 1.54) is 24.3 Å². The molecular formula is C23H24ClN5O4. The summed E-state index contributed by atoms with van der Waals surface area (Å²) in [6.07, 6.45) is 1.24. The van der Waals surface area contributed by atoms with Gasteiger partial charge in [0.25, 0.3) is 5.56 Å². The highest BCUT2D eigenvalue weighted by molar-refractivity contribution is 6.29. The lowest BCUT2D eigenvalue weighted by Gasteiger charge is -2.24. The van der Waals surface area contributed by atoms with Crippen LogP contribution in [0.4, 0.5) is 11.6 Å². The molecule has 10 heteroatoms. The number of carbonyl (C=O) groups is 1. The summed E-state index contributed by atoms with van der Waals surface area (Å²) in [5.74, 6) is 0.686. The third-order valence-electron chi connectivity index (χ3n) is 6.40. The zero-order valence-corrected chi connectivity index (χ0v) is 19.3. The number of nitrogens with one attached hydrogen (secondary N) is 1. The van der Waals surface area contributed by atoms with E-state index in [4.69, 9.17) is 21.4 Å². The minimum absolute atomic E-state index is 0.0784. The first-order valence-corrected chi connectivity index (χ1v) is 11.2. The Morgan fingerprint density at radius 2 is 1.97 bits per heavy atom. The Kier molecular flexibility index (Phi) is 5.16. The Morgan fingerprint density at radius 3 is 2.64 bits per heavy atom. The van der Waals surface area contributed by atoms with Crippen LogP contribution in [0.5, 0.6) is 0 Å². The molecule has 172 valence electrons. The van der Waals surface area contributed by atoms with E-state index in [1.54, 1.807) is 6.07 Å². The SMILES string of the molecule is COn1c(N2CC3CC3C2)nc2c(C(C)Nc3cc(Cl)nc(C(=O)O)c3)cc(C)cc2c1=O. The molecule has 2 aromatic heterocycles. The number of benzene rings is 1. The van der Waals surface area contributed by atoms with Gasteiger partial charge in [0.15, 0.2) is 5.69 Å². The normalized spacial score (nSPS) is 19.9. The number of hydrogen-bond donors (Lipinski definition) is 2. The van der Waals surface area contributed by atoms with Crippen LogP contribution in [-0.2, 0) is 0 Å². The number of fused-ring (bicyclic) bond motifs is 2. The highest BCUT2D eigenvalue weighted by atomic mass is 35.5. The highest BCUT2D eigenvalue weighted by Gasteiger charge is 2.46. The van der Waals surface area contributed by atoms with Crippen LogP contribution in [-0.4, -0.2) is 46.0 Å². The number of halogens is 1. The van der Waals surface area contributed by atoms with Crippen LogP contribution >= 0.6 is 11.6 Å². The molecular weight excluding hydrogens is 446 g/mol. The van der Waals surface area contributed by atoms with Gasteiger partial charge in [-0.05, 0) is 55.9 Å². The van der Waals surface area contributed by atoms with E-state index in [-0.39, 0.29) is 22.4 Å². The quantitative estimate of drug-likeness (QED) is 0.530. The lowest BCUT2D eigenvalue weighted by molar-refractivity contribution is 0.0690. The molecule has 2 fully saturated rings. The van der Waals surface area contributed by atoms with Gasteiger partial charge in [0.2, 0.25) is 5.95 Å². The smallest absolute Gasteiger partial charge is 0.354 e. The zero-order valence-electron chi connectivity index (χ0n) is 18.5. The number of aryl methyl sites for hydroxylation is 1. The lowest BCUT2D eigenvalue weighted by Crippen LogP contribution is -2.35. The second-order valence-corrected chi connectivity index (χ2v) is 9.23. The maximum absolute atomic E-state index is 13.3. The van der Waals surface area contributed by atoms with Crippen molar-refractivity contribution < 1.29 is 14.7 Å². The van der Waals surface area contributed by atoms with Crippen LogP contribution in [0, 0.1) is 18.8 Å². The van der Waals surface area contributed by atoms with Crippen molar-refractivity contribution >= 4 is 40.1 Å². The van der Waals surface area contributed by atoms with Crippen LogP contribution in [0.2, 0.25) is 5.15 Å². The molecule has 3 atom stereocenters. The zero-order chi connectivity index (χ0) is 23.4. The monoisotopic (exact) mass is 469 g/mol. The van der Waals surface area contributed by atoms with E-state index in [2.05, 4.69) is 15.2 Å². The molecule has 1 saturated carbocycles. The van der Waals surface area contributed by atoms with Crippen molar-refractivity contribution in [2.45, 2.75) is 26.3 Å². The van der Waals surface area contributed by atoms with E-state index in [9.17, 15) is 14.7 Å². The van der Waals surface area contributed by atoms with E-state index in [1.807, 2.05) is 26.0 Å². The van der Waals surface area contributed by atoms with Crippen LogP contribution in [0.25, 0.3) is 10.9 Å². The molecule has 2 N–H and O–H groups in total. The molecule has 3 unspecified atom stereocenters. The fourth-order valence-corrected chi connectivity index (χ4v) is 4.92. The Bertz CT molecular complexity index is 1330. The molecule has 0 radical (unpaired) electrons. The summed E-state index contributed by atoms with van der Waals surface area (Å²) in [7, 11) is 1.48. The second kappa shape index (κ2) is 7.91. The van der Waals surface area contributed by atoms with Crippen molar-refractivity contribution in [3.8, 4) is 0 Å². The second-order valence-electron chi connectivity index (χ2n) is 8.84. The summed E-state index contributed by atoms with van der Waals surface area (Å²) in [6.45, 7) is 5.58. The van der Waals surface area contributed by atoms with Gasteiger partial charge < -0.3 is 20.2 Å². The molecule has 1 aliphatic carbocycles. The Morgan fingerprint density at radius 1 is 1.24 bits per heavy atom. The summed E-state index contributed by atoms with van der Waals surface area (Å²) in [5.41, 5.74) is 2.42. The predicted molar refractivity (Wildman–Crippen MR) is 125 cm³/mol. The largest absolute Gasteiger partial charge is 0.477 e. The van der Waals surface area contributed by atoms with Crippen molar-refractivity contribution in [3.63, 3.8) is 0 Å². The number of anilines is 2. The summed E-state index contributed by atoms with van der Waals surface area (Å²) in [5, 5.41) is 13.1. The van der Waals surface area contributed by atoms with Gasteiger partial charge >= 0.3 is 5.97 Å². The van der Waals surface area contributed by atoms with Crippen molar-refractivity contribution in [2.24, 2.45) is 11.8 Å². The van der Waals surface area contributed by atoms with Gasteiger partial charge in [0, 0.05) is 24.3 Å².